The van der Waals surface area contributed by atoms with Crippen LogP contribution in [0.2, 0.25) is 0 Å². The van der Waals surface area contributed by atoms with Gasteiger partial charge in [-0.15, -0.1) is 0 Å². The Morgan fingerprint density at radius 3 is 2.75 bits per heavy atom. The third kappa shape index (κ3) is 1.55. The van der Waals surface area contributed by atoms with Crippen molar-refractivity contribution in [2.75, 3.05) is 0 Å². The van der Waals surface area contributed by atoms with Crippen molar-refractivity contribution in [2.45, 2.75) is 18.8 Å². The van der Waals surface area contributed by atoms with Crippen molar-refractivity contribution < 1.29 is 0 Å². The molecule has 0 aliphatic heterocycles. The van der Waals surface area contributed by atoms with E-state index < -0.39 is 0 Å². The fourth-order valence-corrected chi connectivity index (χ4v) is 2.10. The summed E-state index contributed by atoms with van der Waals surface area (Å²) in [6.07, 6.45) is 2.35. The number of benzene rings is 1. The van der Waals surface area contributed by atoms with Crippen molar-refractivity contribution in [3.05, 3.63) is 42.1 Å². The van der Waals surface area contributed by atoms with Crippen LogP contribution in [0.15, 0.2) is 36.4 Å². The SMILES string of the molecule is N#CC(c1ccc2ccccc2n1)C1CC1. The van der Waals surface area contributed by atoms with E-state index in [1.807, 2.05) is 30.3 Å². The number of pyridine rings is 1. The van der Waals surface area contributed by atoms with Gasteiger partial charge in [0.1, 0.15) is 0 Å². The van der Waals surface area contributed by atoms with Crippen LogP contribution in [-0.4, -0.2) is 4.98 Å². The Labute approximate surface area is 94.5 Å². The van der Waals surface area contributed by atoms with Gasteiger partial charge in [-0.1, -0.05) is 24.3 Å². The molecule has 3 rings (SSSR count). The smallest absolute Gasteiger partial charge is 0.0913 e. The van der Waals surface area contributed by atoms with Crippen LogP contribution in [0.4, 0.5) is 0 Å². The van der Waals surface area contributed by atoms with E-state index in [1.165, 1.54) is 12.8 Å². The predicted octanol–water partition coefficient (Wildman–Crippen LogP) is 3.25. The molecular weight excluding hydrogens is 196 g/mol. The lowest BCUT2D eigenvalue weighted by Crippen LogP contribution is -2.00. The summed E-state index contributed by atoms with van der Waals surface area (Å²) >= 11 is 0. The number of nitriles is 1. The van der Waals surface area contributed by atoms with Gasteiger partial charge in [0.15, 0.2) is 0 Å². The first-order valence-corrected chi connectivity index (χ1v) is 5.64. The maximum Gasteiger partial charge on any atom is 0.0913 e. The predicted molar refractivity (Wildman–Crippen MR) is 62.8 cm³/mol. The van der Waals surface area contributed by atoms with E-state index in [4.69, 9.17) is 0 Å². The lowest BCUT2D eigenvalue weighted by atomic mass is 10.0. The van der Waals surface area contributed by atoms with Gasteiger partial charge in [-0.2, -0.15) is 5.26 Å². The molecule has 2 heteroatoms. The number of aromatic nitrogens is 1. The average Bonchev–Trinajstić information content (AvgIpc) is 3.14. The van der Waals surface area contributed by atoms with Crippen LogP contribution in [0.5, 0.6) is 0 Å². The van der Waals surface area contributed by atoms with Crippen molar-refractivity contribution in [3.8, 4) is 6.07 Å². The fourth-order valence-electron chi connectivity index (χ4n) is 2.10. The van der Waals surface area contributed by atoms with Crippen LogP contribution < -0.4 is 0 Å². The van der Waals surface area contributed by atoms with Crippen LogP contribution >= 0.6 is 0 Å². The summed E-state index contributed by atoms with van der Waals surface area (Å²) in [6, 6.07) is 14.5. The minimum atomic E-state index is -0.00962. The first-order chi connectivity index (χ1) is 7.88. The Kier molecular flexibility index (Phi) is 2.11. The van der Waals surface area contributed by atoms with Gasteiger partial charge in [-0.05, 0) is 30.9 Å². The zero-order valence-electron chi connectivity index (χ0n) is 8.93. The number of hydrogen-bond donors (Lipinski definition) is 0. The average molecular weight is 208 g/mol. The highest BCUT2D eigenvalue weighted by Gasteiger charge is 2.33. The lowest BCUT2D eigenvalue weighted by Gasteiger charge is -2.07. The molecule has 0 N–H and O–H groups in total. The van der Waals surface area contributed by atoms with Crippen molar-refractivity contribution in [2.24, 2.45) is 5.92 Å². The molecule has 1 fully saturated rings. The van der Waals surface area contributed by atoms with Gasteiger partial charge in [-0.3, -0.25) is 4.98 Å². The zero-order valence-corrected chi connectivity index (χ0v) is 8.93. The summed E-state index contributed by atoms with van der Waals surface area (Å²) < 4.78 is 0. The second kappa shape index (κ2) is 3.61. The van der Waals surface area contributed by atoms with Crippen LogP contribution in [-0.2, 0) is 0 Å². The van der Waals surface area contributed by atoms with Crippen LogP contribution in [0.25, 0.3) is 10.9 Å². The molecule has 1 heterocycles. The number of fused-ring (bicyclic) bond motifs is 1. The third-order valence-electron chi connectivity index (χ3n) is 3.17. The highest BCUT2D eigenvalue weighted by atomic mass is 14.7. The Hall–Kier alpha value is -1.88. The second-order valence-corrected chi connectivity index (χ2v) is 4.37. The summed E-state index contributed by atoms with van der Waals surface area (Å²) in [5.41, 5.74) is 1.92. The summed E-state index contributed by atoms with van der Waals surface area (Å²) in [5.74, 6) is 0.531. The highest BCUT2D eigenvalue weighted by molar-refractivity contribution is 5.78. The van der Waals surface area contributed by atoms with E-state index in [9.17, 15) is 5.26 Å². The Balaban J connectivity index is 2.07. The lowest BCUT2D eigenvalue weighted by molar-refractivity contribution is 0.720. The maximum atomic E-state index is 9.17. The Morgan fingerprint density at radius 1 is 1.19 bits per heavy atom. The fraction of sp³-hybridized carbons (Fsp3) is 0.286. The van der Waals surface area contributed by atoms with E-state index in [0.717, 1.165) is 16.6 Å². The number of nitrogens with zero attached hydrogens (tertiary/aromatic N) is 2. The molecule has 0 radical (unpaired) electrons. The first-order valence-electron chi connectivity index (χ1n) is 5.64. The number of rotatable bonds is 2. The summed E-state index contributed by atoms with van der Waals surface area (Å²) in [5, 5.41) is 10.3. The van der Waals surface area contributed by atoms with E-state index in [2.05, 4.69) is 17.1 Å². The van der Waals surface area contributed by atoms with E-state index >= 15 is 0 Å². The minimum Gasteiger partial charge on any atom is -0.251 e. The van der Waals surface area contributed by atoms with Gasteiger partial charge in [0.05, 0.1) is 23.2 Å². The van der Waals surface area contributed by atoms with Gasteiger partial charge in [0.25, 0.3) is 0 Å². The Bertz CT molecular complexity index is 564. The van der Waals surface area contributed by atoms with Gasteiger partial charge in [0, 0.05) is 5.39 Å². The second-order valence-electron chi connectivity index (χ2n) is 4.37. The molecule has 1 unspecified atom stereocenters. The maximum absolute atomic E-state index is 9.17. The molecule has 2 aromatic rings. The molecule has 0 amide bonds. The van der Waals surface area contributed by atoms with Gasteiger partial charge < -0.3 is 0 Å². The third-order valence-corrected chi connectivity index (χ3v) is 3.17. The van der Waals surface area contributed by atoms with Gasteiger partial charge >= 0.3 is 0 Å². The molecule has 16 heavy (non-hydrogen) atoms. The number of hydrogen-bond acceptors (Lipinski definition) is 2. The Morgan fingerprint density at radius 2 is 2.00 bits per heavy atom. The number of para-hydroxylation sites is 1. The standard InChI is InChI=1S/C14H12N2/c15-9-12(10-5-6-10)14-8-7-11-3-1-2-4-13(11)16-14/h1-4,7-8,10,12H,5-6H2. The van der Waals surface area contributed by atoms with Crippen molar-refractivity contribution in [1.29, 1.82) is 5.26 Å². The molecule has 1 aliphatic rings. The molecule has 1 atom stereocenters. The van der Waals surface area contributed by atoms with Crippen LogP contribution in [0.3, 0.4) is 0 Å². The van der Waals surface area contributed by atoms with Crippen LogP contribution in [0.1, 0.15) is 24.5 Å². The van der Waals surface area contributed by atoms with E-state index in [0.29, 0.717) is 5.92 Å². The monoisotopic (exact) mass is 208 g/mol. The molecule has 1 aromatic carbocycles. The molecular formula is C14H12N2. The molecule has 1 aliphatic carbocycles. The largest absolute Gasteiger partial charge is 0.251 e. The molecule has 0 spiro atoms. The van der Waals surface area contributed by atoms with Gasteiger partial charge in [0.2, 0.25) is 0 Å². The summed E-state index contributed by atoms with van der Waals surface area (Å²) in [6.45, 7) is 0. The normalized spacial score (nSPS) is 16.9. The van der Waals surface area contributed by atoms with Gasteiger partial charge in [-0.25, -0.2) is 0 Å². The van der Waals surface area contributed by atoms with Crippen molar-refractivity contribution in [3.63, 3.8) is 0 Å². The first kappa shape index (κ1) is 9.35. The quantitative estimate of drug-likeness (QED) is 0.759. The zero-order chi connectivity index (χ0) is 11.0. The summed E-state index contributed by atoms with van der Waals surface area (Å²) in [4.78, 5) is 4.59. The molecule has 78 valence electrons. The molecule has 1 aromatic heterocycles. The van der Waals surface area contributed by atoms with E-state index in [1.54, 1.807) is 0 Å². The molecule has 0 saturated heterocycles. The van der Waals surface area contributed by atoms with Crippen molar-refractivity contribution in [1.82, 2.24) is 4.98 Å². The van der Waals surface area contributed by atoms with Crippen LogP contribution in [0, 0.1) is 17.2 Å². The van der Waals surface area contributed by atoms with E-state index in [-0.39, 0.29) is 5.92 Å². The topological polar surface area (TPSA) is 36.7 Å². The van der Waals surface area contributed by atoms with Crippen molar-refractivity contribution >= 4 is 10.9 Å². The molecule has 1 saturated carbocycles. The summed E-state index contributed by atoms with van der Waals surface area (Å²) in [7, 11) is 0. The minimum absolute atomic E-state index is 0.00962. The highest BCUT2D eigenvalue weighted by Crippen LogP contribution is 2.41. The molecule has 2 nitrogen and oxygen atoms in total. The molecule has 0 bridgehead atoms.